The molecule has 1 aliphatic heterocycles. The number of hydrogen-bond donors (Lipinski definition) is 2. The summed E-state index contributed by atoms with van der Waals surface area (Å²) in [7, 11) is 1.79. The van der Waals surface area contributed by atoms with Gasteiger partial charge < -0.3 is 16.0 Å². The van der Waals surface area contributed by atoms with Crippen LogP contribution in [0.15, 0.2) is 0 Å². The normalized spacial score (nSPS) is 32.7. The molecule has 18 heavy (non-hydrogen) atoms. The van der Waals surface area contributed by atoms with E-state index in [0.29, 0.717) is 12.3 Å². The maximum absolute atomic E-state index is 11.9. The van der Waals surface area contributed by atoms with Crippen LogP contribution in [0.5, 0.6) is 0 Å². The van der Waals surface area contributed by atoms with Gasteiger partial charge in [-0.3, -0.25) is 9.59 Å². The second kappa shape index (κ2) is 5.69. The molecule has 1 heterocycles. The van der Waals surface area contributed by atoms with E-state index in [4.69, 9.17) is 5.73 Å². The first-order valence-electron chi connectivity index (χ1n) is 6.88. The van der Waals surface area contributed by atoms with Crippen LogP contribution in [0.25, 0.3) is 0 Å². The van der Waals surface area contributed by atoms with E-state index in [1.54, 1.807) is 11.9 Å². The largest absolute Gasteiger partial charge is 0.344 e. The standard InChI is InChI=1S/C13H23N3O2/c1-16-7-3-6-11(13(16)18)15-12(17)8-9-4-2-5-10(9)14/h9-11H,2-8,14H2,1H3,(H,15,17)/t9-,10+,11?/m0/s1. The Bertz CT molecular complexity index is 332. The second-order valence-electron chi connectivity index (χ2n) is 5.58. The molecule has 1 aliphatic carbocycles. The summed E-state index contributed by atoms with van der Waals surface area (Å²) in [5.74, 6) is 0.303. The molecule has 5 heteroatoms. The minimum Gasteiger partial charge on any atom is -0.344 e. The fourth-order valence-electron chi connectivity index (χ4n) is 2.98. The molecule has 0 radical (unpaired) electrons. The molecular weight excluding hydrogens is 230 g/mol. The summed E-state index contributed by atoms with van der Waals surface area (Å²) >= 11 is 0. The van der Waals surface area contributed by atoms with Gasteiger partial charge in [-0.05, 0) is 31.6 Å². The van der Waals surface area contributed by atoms with E-state index in [-0.39, 0.29) is 23.9 Å². The van der Waals surface area contributed by atoms with Gasteiger partial charge in [0.2, 0.25) is 11.8 Å². The predicted octanol–water partition coefficient (Wildman–Crippen LogP) is 0.241. The molecule has 2 aliphatic rings. The summed E-state index contributed by atoms with van der Waals surface area (Å²) in [5, 5.41) is 2.86. The van der Waals surface area contributed by atoms with Crippen LogP contribution in [-0.2, 0) is 9.59 Å². The topological polar surface area (TPSA) is 75.4 Å². The third kappa shape index (κ3) is 3.02. The number of carbonyl (C=O) groups is 2. The van der Waals surface area contributed by atoms with Crippen molar-refractivity contribution in [3.8, 4) is 0 Å². The Morgan fingerprint density at radius 2 is 2.17 bits per heavy atom. The molecule has 0 aromatic heterocycles. The van der Waals surface area contributed by atoms with Crippen molar-refractivity contribution in [2.75, 3.05) is 13.6 Å². The SMILES string of the molecule is CN1CCCC(NC(=O)C[C@@H]2CCC[C@H]2N)C1=O. The molecule has 102 valence electrons. The van der Waals surface area contributed by atoms with Crippen molar-refractivity contribution in [1.29, 1.82) is 0 Å². The van der Waals surface area contributed by atoms with Gasteiger partial charge in [-0.1, -0.05) is 6.42 Å². The Morgan fingerprint density at radius 3 is 2.83 bits per heavy atom. The maximum Gasteiger partial charge on any atom is 0.244 e. The van der Waals surface area contributed by atoms with Crippen LogP contribution in [0.4, 0.5) is 0 Å². The molecule has 2 rings (SSSR count). The highest BCUT2D eigenvalue weighted by molar-refractivity contribution is 5.88. The minimum atomic E-state index is -0.325. The van der Waals surface area contributed by atoms with Crippen LogP contribution in [0, 0.1) is 5.92 Å². The van der Waals surface area contributed by atoms with Gasteiger partial charge in [0, 0.05) is 26.1 Å². The maximum atomic E-state index is 11.9. The average Bonchev–Trinajstić information content (AvgIpc) is 2.71. The fraction of sp³-hybridized carbons (Fsp3) is 0.846. The van der Waals surface area contributed by atoms with E-state index in [0.717, 1.165) is 38.6 Å². The van der Waals surface area contributed by atoms with Crippen molar-refractivity contribution in [2.24, 2.45) is 11.7 Å². The molecule has 1 saturated heterocycles. The average molecular weight is 253 g/mol. The highest BCUT2D eigenvalue weighted by atomic mass is 16.2. The number of nitrogens with zero attached hydrogens (tertiary/aromatic N) is 1. The Morgan fingerprint density at radius 1 is 1.39 bits per heavy atom. The zero-order valence-electron chi connectivity index (χ0n) is 11.0. The number of piperidine rings is 1. The molecule has 3 atom stereocenters. The van der Waals surface area contributed by atoms with E-state index < -0.39 is 0 Å². The first-order valence-corrected chi connectivity index (χ1v) is 6.88. The van der Waals surface area contributed by atoms with Crippen molar-refractivity contribution in [3.05, 3.63) is 0 Å². The van der Waals surface area contributed by atoms with Gasteiger partial charge >= 0.3 is 0 Å². The summed E-state index contributed by atoms with van der Waals surface area (Å²) in [6.07, 6.45) is 5.34. The number of nitrogens with one attached hydrogen (secondary N) is 1. The van der Waals surface area contributed by atoms with Crippen molar-refractivity contribution >= 4 is 11.8 Å². The number of hydrogen-bond acceptors (Lipinski definition) is 3. The molecule has 1 unspecified atom stereocenters. The monoisotopic (exact) mass is 253 g/mol. The van der Waals surface area contributed by atoms with E-state index in [9.17, 15) is 9.59 Å². The first kappa shape index (κ1) is 13.3. The lowest BCUT2D eigenvalue weighted by molar-refractivity contribution is -0.137. The molecule has 1 saturated carbocycles. The molecule has 0 aromatic carbocycles. The van der Waals surface area contributed by atoms with Crippen LogP contribution in [0.1, 0.15) is 38.5 Å². The quantitative estimate of drug-likeness (QED) is 0.756. The first-order chi connectivity index (χ1) is 8.58. The lowest BCUT2D eigenvalue weighted by Gasteiger charge is -2.30. The number of rotatable bonds is 3. The van der Waals surface area contributed by atoms with Crippen LogP contribution in [-0.4, -0.2) is 42.4 Å². The molecule has 0 aromatic rings. The van der Waals surface area contributed by atoms with Gasteiger partial charge in [0.05, 0.1) is 0 Å². The van der Waals surface area contributed by atoms with Gasteiger partial charge in [-0.25, -0.2) is 0 Å². The molecule has 2 amide bonds. The third-order valence-corrected chi connectivity index (χ3v) is 4.16. The van der Waals surface area contributed by atoms with Crippen molar-refractivity contribution < 1.29 is 9.59 Å². The van der Waals surface area contributed by atoms with Crippen LogP contribution < -0.4 is 11.1 Å². The van der Waals surface area contributed by atoms with E-state index in [1.165, 1.54) is 0 Å². The van der Waals surface area contributed by atoms with Crippen molar-refractivity contribution in [3.63, 3.8) is 0 Å². The molecular formula is C13H23N3O2. The molecule has 0 spiro atoms. The zero-order valence-corrected chi connectivity index (χ0v) is 11.0. The number of carbonyl (C=O) groups excluding carboxylic acids is 2. The van der Waals surface area contributed by atoms with E-state index in [2.05, 4.69) is 5.32 Å². The number of nitrogens with two attached hydrogens (primary N) is 1. The van der Waals surface area contributed by atoms with Gasteiger partial charge in [0.15, 0.2) is 0 Å². The van der Waals surface area contributed by atoms with E-state index in [1.807, 2.05) is 0 Å². The van der Waals surface area contributed by atoms with Crippen LogP contribution >= 0.6 is 0 Å². The number of likely N-dealkylation sites (tertiary alicyclic amines) is 1. The summed E-state index contributed by atoms with van der Waals surface area (Å²) in [6, 6.07) is -0.172. The zero-order chi connectivity index (χ0) is 13.1. The summed E-state index contributed by atoms with van der Waals surface area (Å²) in [6.45, 7) is 0.790. The van der Waals surface area contributed by atoms with Crippen molar-refractivity contribution in [1.82, 2.24) is 10.2 Å². The van der Waals surface area contributed by atoms with Crippen LogP contribution in [0.3, 0.4) is 0 Å². The highest BCUT2D eigenvalue weighted by Crippen LogP contribution is 2.26. The second-order valence-corrected chi connectivity index (χ2v) is 5.58. The van der Waals surface area contributed by atoms with Gasteiger partial charge in [0.25, 0.3) is 0 Å². The predicted molar refractivity (Wildman–Crippen MR) is 68.7 cm³/mol. The summed E-state index contributed by atoms with van der Waals surface area (Å²) < 4.78 is 0. The highest BCUT2D eigenvalue weighted by Gasteiger charge is 2.30. The van der Waals surface area contributed by atoms with Gasteiger partial charge in [0.1, 0.15) is 6.04 Å². The van der Waals surface area contributed by atoms with E-state index >= 15 is 0 Å². The minimum absolute atomic E-state index is 0.0222. The lowest BCUT2D eigenvalue weighted by Crippen LogP contribution is -2.51. The Labute approximate surface area is 108 Å². The van der Waals surface area contributed by atoms with Crippen molar-refractivity contribution in [2.45, 2.75) is 50.6 Å². The molecule has 0 bridgehead atoms. The Balaban J connectivity index is 1.81. The number of likely N-dealkylation sites (N-methyl/N-ethyl adjacent to an activating group) is 1. The molecule has 5 nitrogen and oxygen atoms in total. The fourth-order valence-corrected chi connectivity index (χ4v) is 2.98. The summed E-state index contributed by atoms with van der Waals surface area (Å²) in [4.78, 5) is 25.5. The summed E-state index contributed by atoms with van der Waals surface area (Å²) in [5.41, 5.74) is 5.95. The van der Waals surface area contributed by atoms with Gasteiger partial charge in [-0.2, -0.15) is 0 Å². The smallest absolute Gasteiger partial charge is 0.244 e. The third-order valence-electron chi connectivity index (χ3n) is 4.16. The van der Waals surface area contributed by atoms with Gasteiger partial charge in [-0.15, -0.1) is 0 Å². The Hall–Kier alpha value is -1.10. The molecule has 3 N–H and O–H groups in total. The molecule has 2 fully saturated rings. The van der Waals surface area contributed by atoms with Crippen LogP contribution in [0.2, 0.25) is 0 Å². The lowest BCUT2D eigenvalue weighted by atomic mass is 9.99. The number of amides is 2. The Kier molecular flexibility index (Phi) is 4.22.